The van der Waals surface area contributed by atoms with Gasteiger partial charge < -0.3 is 10.6 Å². The van der Waals surface area contributed by atoms with Crippen molar-refractivity contribution in [2.75, 3.05) is 13.1 Å². The molecule has 0 heterocycles. The van der Waals surface area contributed by atoms with Crippen molar-refractivity contribution >= 4 is 22.0 Å². The molecule has 0 atom stereocenters. The van der Waals surface area contributed by atoms with Crippen LogP contribution in [-0.2, 0) is 14.8 Å². The highest BCUT2D eigenvalue weighted by atomic mass is 32.2. The number of urea groups is 1. The van der Waals surface area contributed by atoms with Crippen LogP contribution in [0.3, 0.4) is 0 Å². The lowest BCUT2D eigenvalue weighted by Crippen LogP contribution is -2.46. The molecule has 0 bridgehead atoms. The summed E-state index contributed by atoms with van der Waals surface area (Å²) in [4.78, 5) is 23.5. The number of rotatable bonds is 5. The van der Waals surface area contributed by atoms with Gasteiger partial charge in [0.15, 0.2) is 0 Å². The van der Waals surface area contributed by atoms with E-state index in [1.54, 1.807) is 19.1 Å². The van der Waals surface area contributed by atoms with Crippen molar-refractivity contribution < 1.29 is 18.0 Å². The minimum atomic E-state index is -4.04. The summed E-state index contributed by atoms with van der Waals surface area (Å²) in [5.74, 6) is 1.35. The number of terminal acetylenes is 1. The number of sulfonamides is 1. The fourth-order valence-corrected chi connectivity index (χ4v) is 2.42. The predicted molar refractivity (Wildman–Crippen MR) is 76.5 cm³/mol. The van der Waals surface area contributed by atoms with Crippen molar-refractivity contribution in [2.45, 2.75) is 11.8 Å². The third kappa shape index (κ3) is 4.81. The van der Waals surface area contributed by atoms with Crippen molar-refractivity contribution in [1.29, 1.82) is 0 Å². The van der Waals surface area contributed by atoms with E-state index in [0.717, 1.165) is 10.5 Å². The SMILES string of the molecule is C#CCN(CC(N)=O)C(=O)NS(=O)(=O)c1ccc(C)cc1. The second kappa shape index (κ2) is 6.76. The highest BCUT2D eigenvalue weighted by Crippen LogP contribution is 2.10. The second-order valence-electron chi connectivity index (χ2n) is 4.25. The Balaban J connectivity index is 2.91. The average molecular weight is 309 g/mol. The molecule has 1 rings (SSSR count). The molecule has 112 valence electrons. The van der Waals surface area contributed by atoms with Gasteiger partial charge in [0.05, 0.1) is 11.4 Å². The quantitative estimate of drug-likeness (QED) is 0.735. The van der Waals surface area contributed by atoms with Crippen molar-refractivity contribution in [3.05, 3.63) is 29.8 Å². The molecule has 1 aromatic carbocycles. The first-order chi connectivity index (χ1) is 9.76. The molecule has 21 heavy (non-hydrogen) atoms. The lowest BCUT2D eigenvalue weighted by atomic mass is 10.2. The lowest BCUT2D eigenvalue weighted by Gasteiger charge is -2.19. The van der Waals surface area contributed by atoms with Crippen molar-refractivity contribution in [3.8, 4) is 12.3 Å². The predicted octanol–water partition coefficient (Wildman–Crippen LogP) is -0.186. The van der Waals surface area contributed by atoms with Gasteiger partial charge in [-0.3, -0.25) is 4.79 Å². The molecule has 3 N–H and O–H groups in total. The third-order valence-corrected chi connectivity index (χ3v) is 3.81. The number of carbonyl (C=O) groups excluding carboxylic acids is 2. The summed E-state index contributed by atoms with van der Waals surface area (Å²) in [6.45, 7) is 1.09. The monoisotopic (exact) mass is 309 g/mol. The van der Waals surface area contributed by atoms with Gasteiger partial charge in [0, 0.05) is 0 Å². The number of hydrogen-bond acceptors (Lipinski definition) is 4. The Bertz CT molecular complexity index is 674. The highest BCUT2D eigenvalue weighted by Gasteiger charge is 2.22. The van der Waals surface area contributed by atoms with Gasteiger partial charge in [-0.1, -0.05) is 23.6 Å². The van der Waals surface area contributed by atoms with E-state index in [1.165, 1.54) is 12.1 Å². The molecule has 8 heteroatoms. The van der Waals surface area contributed by atoms with Gasteiger partial charge in [0.1, 0.15) is 6.54 Å². The zero-order valence-corrected chi connectivity index (χ0v) is 12.2. The molecule has 0 saturated heterocycles. The molecule has 0 radical (unpaired) electrons. The Morgan fingerprint density at radius 3 is 2.38 bits per heavy atom. The average Bonchev–Trinajstić information content (AvgIpc) is 2.37. The fourth-order valence-electron chi connectivity index (χ4n) is 1.45. The normalized spacial score (nSPS) is 10.5. The molecule has 0 saturated carbocycles. The van der Waals surface area contributed by atoms with Crippen LogP contribution in [0.15, 0.2) is 29.2 Å². The zero-order valence-electron chi connectivity index (χ0n) is 11.4. The first-order valence-electron chi connectivity index (χ1n) is 5.86. The Labute approximate surface area is 123 Å². The molecule has 0 aliphatic rings. The molecular formula is C13H15N3O4S. The first kappa shape index (κ1) is 16.5. The van der Waals surface area contributed by atoms with Gasteiger partial charge >= 0.3 is 6.03 Å². The molecule has 0 spiro atoms. The van der Waals surface area contributed by atoms with Crippen LogP contribution in [0, 0.1) is 19.3 Å². The molecular weight excluding hydrogens is 294 g/mol. The molecule has 1 aromatic rings. The minimum absolute atomic E-state index is 0.0683. The van der Waals surface area contributed by atoms with Crippen LogP contribution in [0.5, 0.6) is 0 Å². The first-order valence-corrected chi connectivity index (χ1v) is 7.34. The van der Waals surface area contributed by atoms with Gasteiger partial charge in [-0.25, -0.2) is 17.9 Å². The Morgan fingerprint density at radius 2 is 1.90 bits per heavy atom. The van der Waals surface area contributed by atoms with Crippen molar-refractivity contribution in [3.63, 3.8) is 0 Å². The summed E-state index contributed by atoms with van der Waals surface area (Å²) >= 11 is 0. The van der Waals surface area contributed by atoms with Crippen LogP contribution in [0.25, 0.3) is 0 Å². The smallest absolute Gasteiger partial charge is 0.332 e. The van der Waals surface area contributed by atoms with Gasteiger partial charge in [0.25, 0.3) is 10.0 Å². The number of nitrogens with two attached hydrogens (primary N) is 1. The molecule has 0 aliphatic carbocycles. The van der Waals surface area contributed by atoms with Crippen LogP contribution in [0.4, 0.5) is 4.79 Å². The molecule has 7 nitrogen and oxygen atoms in total. The van der Waals surface area contributed by atoms with Gasteiger partial charge in [-0.15, -0.1) is 6.42 Å². The van der Waals surface area contributed by atoms with Crippen LogP contribution in [0.1, 0.15) is 5.56 Å². The molecule has 0 aromatic heterocycles. The molecule has 0 fully saturated rings. The maximum Gasteiger partial charge on any atom is 0.332 e. The number of aryl methyl sites for hydroxylation is 1. The number of nitrogens with zero attached hydrogens (tertiary/aromatic N) is 1. The van der Waals surface area contributed by atoms with E-state index in [2.05, 4.69) is 5.92 Å². The van der Waals surface area contributed by atoms with Crippen LogP contribution < -0.4 is 10.5 Å². The molecule has 0 unspecified atom stereocenters. The van der Waals surface area contributed by atoms with Gasteiger partial charge in [-0.2, -0.15) is 0 Å². The van der Waals surface area contributed by atoms with Crippen LogP contribution in [-0.4, -0.2) is 38.3 Å². The van der Waals surface area contributed by atoms with Crippen LogP contribution in [0.2, 0.25) is 0 Å². The number of benzene rings is 1. The van der Waals surface area contributed by atoms with Gasteiger partial charge in [0.2, 0.25) is 5.91 Å². The fraction of sp³-hybridized carbons (Fsp3) is 0.231. The number of primary amides is 1. The second-order valence-corrected chi connectivity index (χ2v) is 5.93. The highest BCUT2D eigenvalue weighted by molar-refractivity contribution is 7.90. The van der Waals surface area contributed by atoms with Crippen molar-refractivity contribution in [1.82, 2.24) is 9.62 Å². The summed E-state index contributed by atoms with van der Waals surface area (Å²) < 4.78 is 25.9. The van der Waals surface area contributed by atoms with E-state index in [-0.39, 0.29) is 11.4 Å². The standard InChI is InChI=1S/C13H15N3O4S/c1-3-8-16(9-12(14)17)13(18)15-21(19,20)11-6-4-10(2)5-7-11/h1,4-7H,8-9H2,2H3,(H2,14,17)(H,15,18). The Morgan fingerprint density at radius 1 is 1.33 bits per heavy atom. The summed E-state index contributed by atoms with van der Waals surface area (Å²) in [5.41, 5.74) is 5.85. The number of carbonyl (C=O) groups is 2. The van der Waals surface area contributed by atoms with Crippen molar-refractivity contribution in [2.24, 2.45) is 5.73 Å². The number of hydrogen-bond donors (Lipinski definition) is 2. The Kier molecular flexibility index (Phi) is 5.32. The summed E-state index contributed by atoms with van der Waals surface area (Å²) in [5, 5.41) is 0. The van der Waals surface area contributed by atoms with Crippen LogP contribution >= 0.6 is 0 Å². The summed E-state index contributed by atoms with van der Waals surface area (Å²) in [7, 11) is -4.04. The minimum Gasteiger partial charge on any atom is -0.368 e. The van der Waals surface area contributed by atoms with E-state index in [4.69, 9.17) is 12.2 Å². The summed E-state index contributed by atoms with van der Waals surface area (Å²) in [6, 6.07) is 4.92. The zero-order chi connectivity index (χ0) is 16.0. The van der Waals surface area contributed by atoms with E-state index in [0.29, 0.717) is 0 Å². The molecule has 0 aliphatic heterocycles. The van der Waals surface area contributed by atoms with E-state index in [1.807, 2.05) is 4.72 Å². The third-order valence-electron chi connectivity index (χ3n) is 2.47. The van der Waals surface area contributed by atoms with Gasteiger partial charge in [-0.05, 0) is 19.1 Å². The van der Waals surface area contributed by atoms with E-state index >= 15 is 0 Å². The maximum atomic E-state index is 12.0. The van der Waals surface area contributed by atoms with E-state index in [9.17, 15) is 18.0 Å². The lowest BCUT2D eigenvalue weighted by molar-refractivity contribution is -0.118. The van der Waals surface area contributed by atoms with E-state index < -0.39 is 28.5 Å². The Hall–Kier alpha value is -2.53. The largest absolute Gasteiger partial charge is 0.368 e. The molecule has 3 amide bonds. The number of nitrogens with one attached hydrogen (secondary N) is 1. The summed E-state index contributed by atoms with van der Waals surface area (Å²) in [6.07, 6.45) is 5.06. The maximum absolute atomic E-state index is 12.0. The number of amides is 3. The topological polar surface area (TPSA) is 110 Å².